The highest BCUT2D eigenvalue weighted by Gasteiger charge is 2.15. The molecular weight excluding hydrogens is 362 g/mol. The molecule has 0 aliphatic heterocycles. The molecule has 26 heavy (non-hydrogen) atoms. The summed E-state index contributed by atoms with van der Waals surface area (Å²) in [6.07, 6.45) is 1.36. The number of nitrogens with one attached hydrogen (secondary N) is 2. The van der Waals surface area contributed by atoms with Gasteiger partial charge < -0.3 is 10.6 Å². The molecule has 1 aromatic heterocycles. The van der Waals surface area contributed by atoms with Crippen LogP contribution >= 0.6 is 11.6 Å². The van der Waals surface area contributed by atoms with Gasteiger partial charge in [0, 0.05) is 16.9 Å². The quantitative estimate of drug-likeness (QED) is 0.694. The van der Waals surface area contributed by atoms with E-state index in [9.17, 15) is 13.6 Å². The Kier molecular flexibility index (Phi) is 5.09. The molecule has 1 amide bonds. The zero-order valence-corrected chi connectivity index (χ0v) is 14.3. The smallest absolute Gasteiger partial charge is 0.274 e. The van der Waals surface area contributed by atoms with Crippen molar-refractivity contribution in [3.05, 3.63) is 76.6 Å². The maximum Gasteiger partial charge on any atom is 0.274 e. The van der Waals surface area contributed by atoms with E-state index in [2.05, 4.69) is 20.6 Å². The number of para-hydroxylation sites is 1. The van der Waals surface area contributed by atoms with E-state index < -0.39 is 23.2 Å². The van der Waals surface area contributed by atoms with Crippen LogP contribution in [0.25, 0.3) is 0 Å². The second-order valence-corrected chi connectivity index (χ2v) is 5.76. The standard InChI is InChI=1S/C18H13ClF2N4O/c1-10-11(19)4-2-7-14(10)23-18-22-9-8-15(24-18)17(26)25-16-12(20)5-3-6-13(16)21/h2-9H,1H3,(H,25,26)(H,22,23,24). The van der Waals surface area contributed by atoms with Gasteiger partial charge in [-0.05, 0) is 42.8 Å². The Hall–Kier alpha value is -3.06. The Labute approximate surface area is 153 Å². The maximum absolute atomic E-state index is 13.7. The summed E-state index contributed by atoms with van der Waals surface area (Å²) in [5, 5.41) is 5.71. The third-order valence-electron chi connectivity index (χ3n) is 3.60. The lowest BCUT2D eigenvalue weighted by molar-refractivity contribution is 0.102. The molecule has 2 aromatic carbocycles. The number of aromatic nitrogens is 2. The average molecular weight is 375 g/mol. The lowest BCUT2D eigenvalue weighted by Gasteiger charge is -2.10. The molecule has 0 unspecified atom stereocenters. The number of carbonyl (C=O) groups excluding carboxylic acids is 1. The predicted octanol–water partition coefficient (Wildman–Crippen LogP) is 4.71. The van der Waals surface area contributed by atoms with E-state index in [0.717, 1.165) is 17.7 Å². The fourth-order valence-electron chi connectivity index (χ4n) is 2.20. The molecule has 3 aromatic rings. The highest BCUT2D eigenvalue weighted by atomic mass is 35.5. The molecule has 0 atom stereocenters. The van der Waals surface area contributed by atoms with E-state index in [-0.39, 0.29) is 11.6 Å². The zero-order valence-electron chi connectivity index (χ0n) is 13.6. The van der Waals surface area contributed by atoms with Crippen LogP contribution in [0.4, 0.5) is 26.1 Å². The van der Waals surface area contributed by atoms with Gasteiger partial charge in [-0.1, -0.05) is 23.7 Å². The van der Waals surface area contributed by atoms with E-state index in [0.29, 0.717) is 10.7 Å². The van der Waals surface area contributed by atoms with E-state index in [1.54, 1.807) is 18.2 Å². The molecular formula is C18H13ClF2N4O. The summed E-state index contributed by atoms with van der Waals surface area (Å²) in [5.41, 5.74) is 0.886. The first-order valence-electron chi connectivity index (χ1n) is 7.56. The molecule has 0 aliphatic carbocycles. The fourth-order valence-corrected chi connectivity index (χ4v) is 2.38. The first-order chi connectivity index (χ1) is 12.5. The summed E-state index contributed by atoms with van der Waals surface area (Å²) in [6.45, 7) is 1.82. The third kappa shape index (κ3) is 3.78. The number of benzene rings is 2. The van der Waals surface area contributed by atoms with Gasteiger partial charge in [-0.15, -0.1) is 0 Å². The number of carbonyl (C=O) groups is 1. The van der Waals surface area contributed by atoms with Gasteiger partial charge in [0.2, 0.25) is 5.95 Å². The van der Waals surface area contributed by atoms with Crippen LogP contribution in [-0.4, -0.2) is 15.9 Å². The summed E-state index contributed by atoms with van der Waals surface area (Å²) < 4.78 is 27.3. The Bertz CT molecular complexity index is 961. The van der Waals surface area contributed by atoms with Crippen LogP contribution in [0.3, 0.4) is 0 Å². The first-order valence-corrected chi connectivity index (χ1v) is 7.94. The average Bonchev–Trinajstić information content (AvgIpc) is 2.62. The van der Waals surface area contributed by atoms with Crippen molar-refractivity contribution in [2.45, 2.75) is 6.92 Å². The van der Waals surface area contributed by atoms with Crippen LogP contribution in [0.15, 0.2) is 48.7 Å². The lowest BCUT2D eigenvalue weighted by Crippen LogP contribution is -2.16. The molecule has 132 valence electrons. The number of rotatable bonds is 4. The van der Waals surface area contributed by atoms with Crippen molar-refractivity contribution >= 4 is 34.8 Å². The second-order valence-electron chi connectivity index (χ2n) is 5.35. The van der Waals surface area contributed by atoms with Crippen molar-refractivity contribution in [3.8, 4) is 0 Å². The van der Waals surface area contributed by atoms with Crippen molar-refractivity contribution in [1.29, 1.82) is 0 Å². The summed E-state index contributed by atoms with van der Waals surface area (Å²) in [6, 6.07) is 9.93. The third-order valence-corrected chi connectivity index (χ3v) is 4.01. The molecule has 3 rings (SSSR count). The number of halogens is 3. The normalized spacial score (nSPS) is 10.5. The highest BCUT2D eigenvalue weighted by Crippen LogP contribution is 2.25. The molecule has 0 aliphatic rings. The monoisotopic (exact) mass is 374 g/mol. The summed E-state index contributed by atoms with van der Waals surface area (Å²) in [4.78, 5) is 20.4. The number of amides is 1. The van der Waals surface area contributed by atoms with Crippen LogP contribution in [0, 0.1) is 18.6 Å². The minimum Gasteiger partial charge on any atom is -0.324 e. The van der Waals surface area contributed by atoms with E-state index in [1.165, 1.54) is 18.3 Å². The van der Waals surface area contributed by atoms with Crippen LogP contribution < -0.4 is 10.6 Å². The lowest BCUT2D eigenvalue weighted by atomic mass is 10.2. The molecule has 0 fully saturated rings. The summed E-state index contributed by atoms with van der Waals surface area (Å²) in [7, 11) is 0. The van der Waals surface area contributed by atoms with Gasteiger partial charge in [0.25, 0.3) is 5.91 Å². The van der Waals surface area contributed by atoms with E-state index in [4.69, 9.17) is 11.6 Å². The topological polar surface area (TPSA) is 66.9 Å². The maximum atomic E-state index is 13.7. The largest absolute Gasteiger partial charge is 0.324 e. The summed E-state index contributed by atoms with van der Waals surface area (Å²) >= 11 is 6.07. The van der Waals surface area contributed by atoms with Gasteiger partial charge in [0.15, 0.2) is 0 Å². The van der Waals surface area contributed by atoms with Crippen molar-refractivity contribution in [3.63, 3.8) is 0 Å². The second kappa shape index (κ2) is 7.45. The molecule has 2 N–H and O–H groups in total. The predicted molar refractivity (Wildman–Crippen MR) is 95.8 cm³/mol. The van der Waals surface area contributed by atoms with E-state index >= 15 is 0 Å². The molecule has 0 radical (unpaired) electrons. The van der Waals surface area contributed by atoms with Crippen LogP contribution in [-0.2, 0) is 0 Å². The minimum atomic E-state index is -0.875. The number of hydrogen-bond acceptors (Lipinski definition) is 4. The molecule has 0 spiro atoms. The van der Waals surface area contributed by atoms with Gasteiger partial charge in [0.05, 0.1) is 0 Å². The zero-order chi connectivity index (χ0) is 18.7. The van der Waals surface area contributed by atoms with Crippen LogP contribution in [0.1, 0.15) is 16.1 Å². The van der Waals surface area contributed by atoms with Gasteiger partial charge >= 0.3 is 0 Å². The van der Waals surface area contributed by atoms with Crippen LogP contribution in [0.5, 0.6) is 0 Å². The minimum absolute atomic E-state index is 0.0511. The molecule has 0 bridgehead atoms. The van der Waals surface area contributed by atoms with Gasteiger partial charge in [-0.25, -0.2) is 18.7 Å². The van der Waals surface area contributed by atoms with Crippen molar-refractivity contribution < 1.29 is 13.6 Å². The molecule has 0 saturated carbocycles. The molecule has 1 heterocycles. The Morgan fingerprint density at radius 3 is 2.50 bits per heavy atom. The molecule has 5 nitrogen and oxygen atoms in total. The molecule has 8 heteroatoms. The van der Waals surface area contributed by atoms with Gasteiger partial charge in [0.1, 0.15) is 23.0 Å². The number of anilines is 3. The van der Waals surface area contributed by atoms with Crippen LogP contribution in [0.2, 0.25) is 5.02 Å². The van der Waals surface area contributed by atoms with Crippen molar-refractivity contribution in [2.24, 2.45) is 0 Å². The number of hydrogen-bond donors (Lipinski definition) is 2. The summed E-state index contributed by atoms with van der Waals surface area (Å²) in [5.74, 6) is -2.36. The van der Waals surface area contributed by atoms with Crippen molar-refractivity contribution in [1.82, 2.24) is 9.97 Å². The first kappa shape index (κ1) is 17.8. The Morgan fingerprint density at radius 1 is 1.08 bits per heavy atom. The van der Waals surface area contributed by atoms with Crippen molar-refractivity contribution in [2.75, 3.05) is 10.6 Å². The van der Waals surface area contributed by atoms with Gasteiger partial charge in [-0.3, -0.25) is 4.79 Å². The fraction of sp³-hybridized carbons (Fsp3) is 0.0556. The SMILES string of the molecule is Cc1c(Cl)cccc1Nc1nccc(C(=O)Nc2c(F)cccc2F)n1. The Balaban J connectivity index is 1.83. The highest BCUT2D eigenvalue weighted by molar-refractivity contribution is 6.31. The van der Waals surface area contributed by atoms with Gasteiger partial charge in [-0.2, -0.15) is 0 Å². The number of nitrogens with zero attached hydrogens (tertiary/aromatic N) is 2. The van der Waals surface area contributed by atoms with E-state index in [1.807, 2.05) is 6.92 Å². The Morgan fingerprint density at radius 2 is 1.77 bits per heavy atom. The molecule has 0 saturated heterocycles.